The number of nitrogens with one attached hydrogen (secondary N) is 1. The van der Waals surface area contributed by atoms with Gasteiger partial charge < -0.3 is 5.32 Å². The Morgan fingerprint density at radius 1 is 0.619 bits per heavy atom. The van der Waals surface area contributed by atoms with Gasteiger partial charge >= 0.3 is 0 Å². The van der Waals surface area contributed by atoms with E-state index in [0.29, 0.717) is 0 Å². The van der Waals surface area contributed by atoms with Crippen LogP contribution in [0, 0.1) is 0 Å². The summed E-state index contributed by atoms with van der Waals surface area (Å²) in [6.45, 7) is 2.17. The van der Waals surface area contributed by atoms with Crippen LogP contribution in [0.4, 0.5) is 11.4 Å². The van der Waals surface area contributed by atoms with Crippen molar-refractivity contribution in [2.75, 3.05) is 5.32 Å². The van der Waals surface area contributed by atoms with E-state index >= 15 is 0 Å². The van der Waals surface area contributed by atoms with Crippen LogP contribution in [0.5, 0.6) is 0 Å². The first-order valence-electron chi connectivity index (χ1n) is 7.36. The van der Waals surface area contributed by atoms with Gasteiger partial charge in [-0.05, 0) is 47.4 Å². The van der Waals surface area contributed by atoms with Crippen LogP contribution in [0.3, 0.4) is 0 Å². The highest BCUT2D eigenvalue weighted by Crippen LogP contribution is 2.23. The Labute approximate surface area is 126 Å². The van der Waals surface area contributed by atoms with Gasteiger partial charge in [-0.3, -0.25) is 0 Å². The number of anilines is 2. The molecule has 0 radical (unpaired) electrons. The zero-order valence-electron chi connectivity index (χ0n) is 12.2. The van der Waals surface area contributed by atoms with E-state index in [-0.39, 0.29) is 0 Å². The van der Waals surface area contributed by atoms with Crippen molar-refractivity contribution >= 4 is 11.4 Å². The van der Waals surface area contributed by atoms with Crippen molar-refractivity contribution in [2.24, 2.45) is 0 Å². The van der Waals surface area contributed by atoms with Crippen LogP contribution >= 0.6 is 0 Å². The van der Waals surface area contributed by atoms with Crippen molar-refractivity contribution in [1.82, 2.24) is 0 Å². The molecule has 0 atom stereocenters. The van der Waals surface area contributed by atoms with E-state index in [2.05, 4.69) is 85.0 Å². The van der Waals surface area contributed by atoms with Crippen molar-refractivity contribution < 1.29 is 0 Å². The number of rotatable bonds is 4. The molecule has 0 amide bonds. The van der Waals surface area contributed by atoms with E-state index in [9.17, 15) is 0 Å². The van der Waals surface area contributed by atoms with Crippen molar-refractivity contribution in [3.63, 3.8) is 0 Å². The van der Waals surface area contributed by atoms with Crippen LogP contribution in [0.1, 0.15) is 12.5 Å². The highest BCUT2D eigenvalue weighted by molar-refractivity contribution is 5.68. The van der Waals surface area contributed by atoms with E-state index in [1.807, 2.05) is 6.07 Å². The van der Waals surface area contributed by atoms with Crippen LogP contribution in [0.2, 0.25) is 0 Å². The van der Waals surface area contributed by atoms with Gasteiger partial charge in [0.15, 0.2) is 0 Å². The minimum atomic E-state index is 1.08. The number of hydrogen-bond donors (Lipinski definition) is 1. The molecule has 0 saturated carbocycles. The molecule has 104 valence electrons. The molecular weight excluding hydrogens is 254 g/mol. The van der Waals surface area contributed by atoms with E-state index in [1.54, 1.807) is 0 Å². The minimum Gasteiger partial charge on any atom is -0.356 e. The summed E-state index contributed by atoms with van der Waals surface area (Å²) < 4.78 is 0. The first-order valence-corrected chi connectivity index (χ1v) is 7.36. The van der Waals surface area contributed by atoms with E-state index in [4.69, 9.17) is 0 Å². The van der Waals surface area contributed by atoms with Crippen LogP contribution in [0.15, 0.2) is 78.9 Å². The zero-order valence-corrected chi connectivity index (χ0v) is 12.2. The second-order valence-electron chi connectivity index (χ2n) is 5.12. The lowest BCUT2D eigenvalue weighted by atomic mass is 10.1. The van der Waals surface area contributed by atoms with Gasteiger partial charge in [0.2, 0.25) is 0 Å². The van der Waals surface area contributed by atoms with Gasteiger partial charge in [-0.2, -0.15) is 0 Å². The predicted octanol–water partition coefficient (Wildman–Crippen LogP) is 5.66. The summed E-state index contributed by atoms with van der Waals surface area (Å²) in [5.74, 6) is 0. The summed E-state index contributed by atoms with van der Waals surface area (Å²) in [7, 11) is 0. The molecular formula is C20H19N. The maximum absolute atomic E-state index is 3.43. The lowest BCUT2D eigenvalue weighted by Crippen LogP contribution is -1.90. The molecule has 0 fully saturated rings. The summed E-state index contributed by atoms with van der Waals surface area (Å²) >= 11 is 0. The maximum Gasteiger partial charge on any atom is 0.0384 e. The molecule has 0 saturated heterocycles. The molecule has 0 heterocycles. The number of hydrogen-bond acceptors (Lipinski definition) is 1. The first-order chi connectivity index (χ1) is 10.3. The SMILES string of the molecule is CCc1ccc(Nc2ccc(-c3ccccc3)cc2)cc1. The Bertz CT molecular complexity index is 682. The van der Waals surface area contributed by atoms with Gasteiger partial charge in [0, 0.05) is 11.4 Å². The number of benzene rings is 3. The Hall–Kier alpha value is -2.54. The van der Waals surface area contributed by atoms with Gasteiger partial charge in [-0.1, -0.05) is 61.5 Å². The van der Waals surface area contributed by atoms with Crippen molar-refractivity contribution in [3.05, 3.63) is 84.4 Å². The van der Waals surface area contributed by atoms with E-state index in [0.717, 1.165) is 17.8 Å². The standard InChI is InChI=1S/C20H19N/c1-2-16-8-12-19(13-9-16)21-20-14-10-18(11-15-20)17-6-4-3-5-7-17/h3-15,21H,2H2,1H3. The second-order valence-corrected chi connectivity index (χ2v) is 5.12. The molecule has 3 aromatic rings. The monoisotopic (exact) mass is 273 g/mol. The fraction of sp³-hybridized carbons (Fsp3) is 0.100. The summed E-state index contributed by atoms with van der Waals surface area (Å²) in [6.07, 6.45) is 1.08. The smallest absolute Gasteiger partial charge is 0.0384 e. The third-order valence-corrected chi connectivity index (χ3v) is 3.64. The molecule has 1 N–H and O–H groups in total. The molecule has 0 bridgehead atoms. The Kier molecular flexibility index (Phi) is 4.02. The lowest BCUT2D eigenvalue weighted by molar-refractivity contribution is 1.14. The summed E-state index contributed by atoms with van der Waals surface area (Å²) in [6, 6.07) is 27.6. The molecule has 3 rings (SSSR count). The van der Waals surface area contributed by atoms with Gasteiger partial charge in [-0.25, -0.2) is 0 Å². The van der Waals surface area contributed by atoms with Crippen molar-refractivity contribution in [3.8, 4) is 11.1 Å². The van der Waals surface area contributed by atoms with Gasteiger partial charge in [0.1, 0.15) is 0 Å². The van der Waals surface area contributed by atoms with E-state index in [1.165, 1.54) is 16.7 Å². The molecule has 0 aliphatic heterocycles. The molecule has 0 aliphatic carbocycles. The maximum atomic E-state index is 3.43. The first kappa shape index (κ1) is 13.4. The fourth-order valence-electron chi connectivity index (χ4n) is 2.37. The molecule has 0 aromatic heterocycles. The molecule has 0 unspecified atom stereocenters. The molecule has 0 aliphatic rings. The molecule has 1 nitrogen and oxygen atoms in total. The predicted molar refractivity (Wildman–Crippen MR) is 91.0 cm³/mol. The summed E-state index contributed by atoms with van der Waals surface area (Å²) in [5, 5.41) is 3.43. The zero-order chi connectivity index (χ0) is 14.5. The van der Waals surface area contributed by atoms with Gasteiger partial charge in [0.05, 0.1) is 0 Å². The second kappa shape index (κ2) is 6.27. The van der Waals surface area contributed by atoms with Crippen LogP contribution in [0.25, 0.3) is 11.1 Å². The third kappa shape index (κ3) is 3.32. The largest absolute Gasteiger partial charge is 0.356 e. The third-order valence-electron chi connectivity index (χ3n) is 3.64. The Morgan fingerprint density at radius 2 is 1.14 bits per heavy atom. The van der Waals surface area contributed by atoms with Crippen LogP contribution < -0.4 is 5.32 Å². The molecule has 3 aromatic carbocycles. The Balaban J connectivity index is 1.75. The number of aryl methyl sites for hydroxylation is 1. The summed E-state index contributed by atoms with van der Waals surface area (Å²) in [4.78, 5) is 0. The molecule has 21 heavy (non-hydrogen) atoms. The fourth-order valence-corrected chi connectivity index (χ4v) is 2.37. The van der Waals surface area contributed by atoms with E-state index < -0.39 is 0 Å². The minimum absolute atomic E-state index is 1.08. The lowest BCUT2D eigenvalue weighted by Gasteiger charge is -2.08. The summed E-state index contributed by atoms with van der Waals surface area (Å²) in [5.41, 5.74) is 6.08. The van der Waals surface area contributed by atoms with Crippen molar-refractivity contribution in [1.29, 1.82) is 0 Å². The normalized spacial score (nSPS) is 10.3. The van der Waals surface area contributed by atoms with Crippen LogP contribution in [-0.2, 0) is 6.42 Å². The van der Waals surface area contributed by atoms with Crippen LogP contribution in [-0.4, -0.2) is 0 Å². The molecule has 1 heteroatoms. The van der Waals surface area contributed by atoms with Crippen molar-refractivity contribution in [2.45, 2.75) is 13.3 Å². The highest BCUT2D eigenvalue weighted by atomic mass is 14.9. The topological polar surface area (TPSA) is 12.0 Å². The average molecular weight is 273 g/mol. The Morgan fingerprint density at radius 3 is 1.71 bits per heavy atom. The quantitative estimate of drug-likeness (QED) is 0.646. The highest BCUT2D eigenvalue weighted by Gasteiger charge is 1.98. The van der Waals surface area contributed by atoms with Gasteiger partial charge in [-0.15, -0.1) is 0 Å². The van der Waals surface area contributed by atoms with Gasteiger partial charge in [0.25, 0.3) is 0 Å². The molecule has 0 spiro atoms. The average Bonchev–Trinajstić information content (AvgIpc) is 2.57.